The molecule has 0 radical (unpaired) electrons. The molecule has 1 aromatic heterocycles. The minimum atomic E-state index is -1.32. The smallest absolute Gasteiger partial charge is 0.358 e. The second kappa shape index (κ2) is 3.52. The molecule has 0 N–H and O–H groups in total. The predicted molar refractivity (Wildman–Crippen MR) is 57.6 cm³/mol. The molecule has 18 heavy (non-hydrogen) atoms. The van der Waals surface area contributed by atoms with E-state index in [0.717, 1.165) is 12.1 Å². The van der Waals surface area contributed by atoms with Gasteiger partial charge in [0.1, 0.15) is 17.1 Å². The molecular formula is C11H6FNO5. The summed E-state index contributed by atoms with van der Waals surface area (Å²) >= 11 is 0. The van der Waals surface area contributed by atoms with E-state index in [4.69, 9.17) is 9.15 Å². The van der Waals surface area contributed by atoms with Gasteiger partial charge in [0, 0.05) is 0 Å². The highest BCUT2D eigenvalue weighted by Gasteiger charge is 2.36. The number of fused-ring (bicyclic) bond motifs is 3. The summed E-state index contributed by atoms with van der Waals surface area (Å²) in [7, 11) is 0. The molecule has 1 aliphatic heterocycles. The van der Waals surface area contributed by atoms with Gasteiger partial charge in [-0.15, -0.1) is 0 Å². The van der Waals surface area contributed by atoms with Gasteiger partial charge in [0.05, 0.1) is 22.3 Å². The van der Waals surface area contributed by atoms with Gasteiger partial charge in [0.2, 0.25) is 0 Å². The molecule has 3 rings (SSSR count). The van der Waals surface area contributed by atoms with Crippen molar-refractivity contribution < 1.29 is 18.5 Å². The zero-order valence-electron chi connectivity index (χ0n) is 8.88. The van der Waals surface area contributed by atoms with Crippen LogP contribution < -0.4 is 10.4 Å². The van der Waals surface area contributed by atoms with Crippen LogP contribution in [0.25, 0.3) is 11.0 Å². The lowest BCUT2D eigenvalue weighted by molar-refractivity contribution is -0.558. The summed E-state index contributed by atoms with van der Waals surface area (Å²) in [6, 6.07) is 3.55. The van der Waals surface area contributed by atoms with Crippen LogP contribution in [0, 0.1) is 15.9 Å². The third-order valence-corrected chi connectivity index (χ3v) is 2.78. The van der Waals surface area contributed by atoms with E-state index in [1.807, 2.05) is 0 Å². The summed E-state index contributed by atoms with van der Waals surface area (Å²) in [6.45, 7) is 0. The van der Waals surface area contributed by atoms with Crippen LogP contribution in [-0.4, -0.2) is 11.2 Å². The number of benzene rings is 1. The molecule has 0 saturated heterocycles. The number of nitro groups is 1. The maximum absolute atomic E-state index is 13.2. The van der Waals surface area contributed by atoms with Crippen molar-refractivity contribution in [2.45, 2.75) is 12.6 Å². The predicted octanol–water partition coefficient (Wildman–Crippen LogP) is 1.47. The van der Waals surface area contributed by atoms with Crippen LogP contribution in [0.2, 0.25) is 0 Å². The first-order valence-corrected chi connectivity index (χ1v) is 5.11. The van der Waals surface area contributed by atoms with Crippen molar-refractivity contribution in [1.82, 2.24) is 0 Å². The maximum Gasteiger partial charge on any atom is 0.358 e. The number of rotatable bonds is 1. The van der Waals surface area contributed by atoms with Crippen LogP contribution in [0.4, 0.5) is 4.39 Å². The van der Waals surface area contributed by atoms with Gasteiger partial charge in [0.15, 0.2) is 0 Å². The Hall–Kier alpha value is -2.44. The molecule has 0 spiro atoms. The van der Waals surface area contributed by atoms with Gasteiger partial charge < -0.3 is 9.15 Å². The Morgan fingerprint density at radius 2 is 2.22 bits per heavy atom. The second-order valence-corrected chi connectivity index (χ2v) is 3.90. The SMILES string of the molecule is O=c1oc2ccc(F)cc2c2c1CC([N+](=O)[O-])O2. The fraction of sp³-hybridized carbons (Fsp3) is 0.182. The lowest BCUT2D eigenvalue weighted by Gasteiger charge is -2.04. The molecule has 92 valence electrons. The molecule has 2 aromatic rings. The van der Waals surface area contributed by atoms with Gasteiger partial charge in [-0.05, 0) is 18.2 Å². The van der Waals surface area contributed by atoms with Crippen molar-refractivity contribution in [2.75, 3.05) is 0 Å². The van der Waals surface area contributed by atoms with Crippen LogP contribution in [0.15, 0.2) is 27.4 Å². The fourth-order valence-corrected chi connectivity index (χ4v) is 1.97. The average molecular weight is 251 g/mol. The zero-order chi connectivity index (χ0) is 12.9. The molecule has 1 aromatic carbocycles. The van der Waals surface area contributed by atoms with Gasteiger partial charge in [-0.2, -0.15) is 0 Å². The van der Waals surface area contributed by atoms with Crippen molar-refractivity contribution in [1.29, 1.82) is 0 Å². The van der Waals surface area contributed by atoms with Crippen molar-refractivity contribution in [2.24, 2.45) is 0 Å². The lowest BCUT2D eigenvalue weighted by atomic mass is 10.1. The summed E-state index contributed by atoms with van der Waals surface area (Å²) in [5, 5.41) is 10.9. The first kappa shape index (κ1) is 10.7. The van der Waals surface area contributed by atoms with E-state index >= 15 is 0 Å². The highest BCUT2D eigenvalue weighted by Crippen LogP contribution is 2.34. The molecule has 2 heterocycles. The highest BCUT2D eigenvalue weighted by atomic mass is 19.1. The quantitative estimate of drug-likeness (QED) is 0.435. The Bertz CT molecular complexity index is 723. The minimum absolute atomic E-state index is 0.0439. The monoisotopic (exact) mass is 251 g/mol. The molecule has 0 aliphatic carbocycles. The first-order chi connectivity index (χ1) is 8.56. The third-order valence-electron chi connectivity index (χ3n) is 2.78. The van der Waals surface area contributed by atoms with Crippen molar-refractivity contribution in [3.63, 3.8) is 0 Å². The number of hydrogen-bond donors (Lipinski definition) is 0. The molecular weight excluding hydrogens is 245 g/mol. The van der Waals surface area contributed by atoms with E-state index in [1.54, 1.807) is 0 Å². The van der Waals surface area contributed by atoms with Crippen LogP contribution in [0.1, 0.15) is 5.56 Å². The lowest BCUT2D eigenvalue weighted by Crippen LogP contribution is -2.24. The second-order valence-electron chi connectivity index (χ2n) is 3.90. The third kappa shape index (κ3) is 1.44. The van der Waals surface area contributed by atoms with Crippen LogP contribution in [0.3, 0.4) is 0 Å². The van der Waals surface area contributed by atoms with E-state index in [2.05, 4.69) is 0 Å². The Morgan fingerprint density at radius 1 is 1.44 bits per heavy atom. The number of nitrogens with zero attached hydrogens (tertiary/aromatic N) is 1. The molecule has 0 amide bonds. The fourth-order valence-electron chi connectivity index (χ4n) is 1.97. The summed E-state index contributed by atoms with van der Waals surface area (Å²) in [5.41, 5.74) is -0.465. The normalized spacial score (nSPS) is 17.5. The molecule has 1 atom stereocenters. The number of halogens is 1. The van der Waals surface area contributed by atoms with Gasteiger partial charge >= 0.3 is 11.9 Å². The van der Waals surface area contributed by atoms with Crippen LogP contribution in [-0.2, 0) is 6.42 Å². The first-order valence-electron chi connectivity index (χ1n) is 5.11. The van der Waals surface area contributed by atoms with Crippen molar-refractivity contribution in [3.05, 3.63) is 50.1 Å². The zero-order valence-corrected chi connectivity index (χ0v) is 8.88. The number of ether oxygens (including phenoxy) is 1. The number of hydrogen-bond acceptors (Lipinski definition) is 5. The highest BCUT2D eigenvalue weighted by molar-refractivity contribution is 5.85. The van der Waals surface area contributed by atoms with E-state index in [0.29, 0.717) is 0 Å². The summed E-state index contributed by atoms with van der Waals surface area (Å²) in [4.78, 5) is 21.6. The Kier molecular flexibility index (Phi) is 2.09. The molecule has 0 saturated carbocycles. The van der Waals surface area contributed by atoms with Gasteiger partial charge in [0.25, 0.3) is 0 Å². The van der Waals surface area contributed by atoms with Gasteiger partial charge in [-0.3, -0.25) is 10.1 Å². The molecule has 1 aliphatic rings. The molecule has 6 nitrogen and oxygen atoms in total. The van der Waals surface area contributed by atoms with Crippen molar-refractivity contribution in [3.8, 4) is 5.75 Å². The molecule has 7 heteroatoms. The largest absolute Gasteiger partial charge is 0.428 e. The van der Waals surface area contributed by atoms with Crippen molar-refractivity contribution >= 4 is 11.0 Å². The molecule has 1 unspecified atom stereocenters. The average Bonchev–Trinajstić information content (AvgIpc) is 2.76. The van der Waals surface area contributed by atoms with E-state index in [9.17, 15) is 19.3 Å². The van der Waals surface area contributed by atoms with E-state index in [-0.39, 0.29) is 28.7 Å². The molecule has 0 bridgehead atoms. The maximum atomic E-state index is 13.2. The Morgan fingerprint density at radius 3 is 2.94 bits per heavy atom. The minimum Gasteiger partial charge on any atom is -0.428 e. The Labute approximate surface area is 98.7 Å². The van der Waals surface area contributed by atoms with E-state index in [1.165, 1.54) is 6.07 Å². The Balaban J connectivity index is 2.29. The van der Waals surface area contributed by atoms with Gasteiger partial charge in [-0.25, -0.2) is 9.18 Å². The van der Waals surface area contributed by atoms with E-state index < -0.39 is 22.6 Å². The summed E-state index contributed by atoms with van der Waals surface area (Å²) in [6.07, 6.45) is -1.49. The van der Waals surface area contributed by atoms with Gasteiger partial charge in [-0.1, -0.05) is 0 Å². The summed E-state index contributed by atoms with van der Waals surface area (Å²) in [5.74, 6) is -0.492. The standard InChI is InChI=1S/C11H6FNO5/c12-5-1-2-8-6(3-5)10-7(11(14)17-8)4-9(18-10)13(15)16/h1-3,9H,4H2. The topological polar surface area (TPSA) is 82.6 Å². The van der Waals surface area contributed by atoms with Crippen LogP contribution in [0.5, 0.6) is 5.75 Å². The molecule has 0 fully saturated rings. The van der Waals surface area contributed by atoms with Crippen LogP contribution >= 0.6 is 0 Å². The summed E-state index contributed by atoms with van der Waals surface area (Å²) < 4.78 is 23.2.